The molecule has 0 saturated carbocycles. The molecule has 2 aromatic carbocycles. The van der Waals surface area contributed by atoms with E-state index in [0.717, 1.165) is 16.1 Å². The van der Waals surface area contributed by atoms with Crippen LogP contribution in [0.3, 0.4) is 0 Å². The van der Waals surface area contributed by atoms with Gasteiger partial charge in [-0.3, -0.25) is 4.79 Å². The minimum atomic E-state index is -0.388. The number of benzene rings is 2. The lowest BCUT2D eigenvalue weighted by atomic mass is 10.0. The van der Waals surface area contributed by atoms with Gasteiger partial charge in [-0.1, -0.05) is 40.2 Å². The normalized spacial score (nSPS) is 10.5. The first kappa shape index (κ1) is 10.2. The van der Waals surface area contributed by atoms with Crippen LogP contribution in [-0.2, 0) is 5.33 Å². The molecule has 0 heterocycles. The Morgan fingerprint density at radius 2 is 1.80 bits per heavy atom. The van der Waals surface area contributed by atoms with E-state index in [-0.39, 0.29) is 5.91 Å². The molecule has 0 saturated heterocycles. The summed E-state index contributed by atoms with van der Waals surface area (Å²) >= 11 is 3.41. The molecule has 0 radical (unpaired) electrons. The van der Waals surface area contributed by atoms with Crippen molar-refractivity contribution in [3.05, 3.63) is 47.5 Å². The van der Waals surface area contributed by atoms with Crippen LogP contribution >= 0.6 is 15.9 Å². The molecule has 0 aliphatic carbocycles. The van der Waals surface area contributed by atoms with Crippen LogP contribution in [0.5, 0.6) is 0 Å². The first-order chi connectivity index (χ1) is 7.20. The number of rotatable bonds is 2. The number of halogens is 1. The number of hydrogen-bond donors (Lipinski definition) is 1. The Bertz CT molecular complexity index is 522. The van der Waals surface area contributed by atoms with Crippen LogP contribution in [0.15, 0.2) is 36.4 Å². The Hall–Kier alpha value is -1.35. The van der Waals surface area contributed by atoms with Gasteiger partial charge in [-0.05, 0) is 28.5 Å². The molecule has 0 bridgehead atoms. The molecular weight excluding hydrogens is 254 g/mol. The molecule has 0 aliphatic heterocycles. The summed E-state index contributed by atoms with van der Waals surface area (Å²) in [4.78, 5) is 11.0. The number of alkyl halides is 1. The molecule has 2 rings (SSSR count). The van der Waals surface area contributed by atoms with Gasteiger partial charge < -0.3 is 5.73 Å². The van der Waals surface area contributed by atoms with Crippen molar-refractivity contribution in [1.29, 1.82) is 0 Å². The predicted molar refractivity (Wildman–Crippen MR) is 65.1 cm³/mol. The number of nitrogens with two attached hydrogens (primary N) is 1. The highest BCUT2D eigenvalue weighted by atomic mass is 79.9. The summed E-state index contributed by atoms with van der Waals surface area (Å²) in [6.45, 7) is 0. The highest BCUT2D eigenvalue weighted by Gasteiger charge is 2.01. The van der Waals surface area contributed by atoms with E-state index in [1.165, 1.54) is 5.56 Å². The Morgan fingerprint density at radius 3 is 2.47 bits per heavy atom. The zero-order valence-corrected chi connectivity index (χ0v) is 9.62. The Balaban J connectivity index is 2.59. The van der Waals surface area contributed by atoms with E-state index >= 15 is 0 Å². The monoisotopic (exact) mass is 263 g/mol. The third kappa shape index (κ3) is 2.02. The number of primary amides is 1. The number of carbonyl (C=O) groups is 1. The van der Waals surface area contributed by atoms with Crippen molar-refractivity contribution >= 4 is 32.6 Å². The van der Waals surface area contributed by atoms with Crippen LogP contribution in [0.4, 0.5) is 0 Å². The lowest BCUT2D eigenvalue weighted by molar-refractivity contribution is 0.100. The molecular formula is C12H10BrNO. The number of carbonyl (C=O) groups excluding carboxylic acids is 1. The van der Waals surface area contributed by atoms with Crippen molar-refractivity contribution in [2.75, 3.05) is 0 Å². The van der Waals surface area contributed by atoms with Crippen LogP contribution in [0.2, 0.25) is 0 Å². The maximum absolute atomic E-state index is 11.0. The molecule has 0 aromatic heterocycles. The van der Waals surface area contributed by atoms with Crippen LogP contribution in [0, 0.1) is 0 Å². The minimum absolute atomic E-state index is 0.388. The van der Waals surface area contributed by atoms with Crippen molar-refractivity contribution in [3.8, 4) is 0 Å². The Labute approximate surface area is 96.2 Å². The van der Waals surface area contributed by atoms with Crippen molar-refractivity contribution < 1.29 is 4.79 Å². The Kier molecular flexibility index (Phi) is 2.73. The van der Waals surface area contributed by atoms with Crippen LogP contribution < -0.4 is 5.73 Å². The smallest absolute Gasteiger partial charge is 0.248 e. The molecule has 2 aromatic rings. The van der Waals surface area contributed by atoms with Gasteiger partial charge in [0.15, 0.2) is 0 Å². The van der Waals surface area contributed by atoms with Crippen molar-refractivity contribution in [2.24, 2.45) is 5.73 Å². The predicted octanol–water partition coefficient (Wildman–Crippen LogP) is 2.83. The fraction of sp³-hybridized carbons (Fsp3) is 0.0833. The molecule has 3 heteroatoms. The maximum atomic E-state index is 11.0. The highest BCUT2D eigenvalue weighted by molar-refractivity contribution is 9.08. The molecule has 76 valence electrons. The maximum Gasteiger partial charge on any atom is 0.248 e. The highest BCUT2D eigenvalue weighted by Crippen LogP contribution is 2.19. The van der Waals surface area contributed by atoms with Crippen LogP contribution in [0.1, 0.15) is 15.9 Å². The first-order valence-corrected chi connectivity index (χ1v) is 5.71. The van der Waals surface area contributed by atoms with E-state index in [1.807, 2.05) is 24.3 Å². The molecule has 0 unspecified atom stereocenters. The molecule has 15 heavy (non-hydrogen) atoms. The third-order valence-corrected chi connectivity index (χ3v) is 2.99. The summed E-state index contributed by atoms with van der Waals surface area (Å²) < 4.78 is 0. The minimum Gasteiger partial charge on any atom is -0.366 e. The van der Waals surface area contributed by atoms with Gasteiger partial charge in [-0.15, -0.1) is 0 Å². The quantitative estimate of drug-likeness (QED) is 0.833. The van der Waals surface area contributed by atoms with Gasteiger partial charge in [0.05, 0.1) is 0 Å². The molecule has 1 amide bonds. The molecule has 0 spiro atoms. The van der Waals surface area contributed by atoms with E-state index in [0.29, 0.717) is 5.56 Å². The van der Waals surface area contributed by atoms with Gasteiger partial charge >= 0.3 is 0 Å². The van der Waals surface area contributed by atoms with Gasteiger partial charge in [0.1, 0.15) is 0 Å². The van der Waals surface area contributed by atoms with Gasteiger partial charge in [-0.25, -0.2) is 0 Å². The van der Waals surface area contributed by atoms with Gasteiger partial charge in [-0.2, -0.15) is 0 Å². The second kappa shape index (κ2) is 4.03. The summed E-state index contributed by atoms with van der Waals surface area (Å²) in [5, 5.41) is 2.99. The molecule has 0 aliphatic rings. The first-order valence-electron chi connectivity index (χ1n) is 4.59. The largest absolute Gasteiger partial charge is 0.366 e. The van der Waals surface area contributed by atoms with Gasteiger partial charge in [0, 0.05) is 10.9 Å². The van der Waals surface area contributed by atoms with Crippen molar-refractivity contribution in [2.45, 2.75) is 5.33 Å². The fourth-order valence-corrected chi connectivity index (χ4v) is 1.88. The van der Waals surface area contributed by atoms with Gasteiger partial charge in [0.25, 0.3) is 0 Å². The van der Waals surface area contributed by atoms with E-state index in [9.17, 15) is 4.79 Å². The zero-order valence-electron chi connectivity index (χ0n) is 8.03. The Morgan fingerprint density at radius 1 is 1.13 bits per heavy atom. The van der Waals surface area contributed by atoms with Crippen molar-refractivity contribution in [3.63, 3.8) is 0 Å². The average molecular weight is 264 g/mol. The summed E-state index contributed by atoms with van der Waals surface area (Å²) in [5.41, 5.74) is 6.98. The van der Waals surface area contributed by atoms with E-state index in [2.05, 4.69) is 22.0 Å². The van der Waals surface area contributed by atoms with E-state index in [4.69, 9.17) is 5.73 Å². The molecule has 0 fully saturated rings. The molecule has 2 nitrogen and oxygen atoms in total. The summed E-state index contributed by atoms with van der Waals surface area (Å²) in [5.74, 6) is -0.388. The van der Waals surface area contributed by atoms with Crippen LogP contribution in [-0.4, -0.2) is 5.91 Å². The van der Waals surface area contributed by atoms with Crippen LogP contribution in [0.25, 0.3) is 10.8 Å². The SMILES string of the molecule is NC(=O)c1ccc2cc(CBr)ccc2c1. The molecule has 2 N–H and O–H groups in total. The summed E-state index contributed by atoms with van der Waals surface area (Å²) in [6.07, 6.45) is 0. The number of hydrogen-bond acceptors (Lipinski definition) is 1. The lowest BCUT2D eigenvalue weighted by Gasteiger charge is -2.02. The number of amides is 1. The number of fused-ring (bicyclic) bond motifs is 1. The standard InChI is InChI=1S/C12H10BrNO/c13-7-8-1-2-10-6-11(12(14)15)4-3-9(10)5-8/h1-6H,7H2,(H2,14,15). The van der Waals surface area contributed by atoms with Gasteiger partial charge in [0.2, 0.25) is 5.91 Å². The zero-order chi connectivity index (χ0) is 10.8. The lowest BCUT2D eigenvalue weighted by Crippen LogP contribution is -2.10. The summed E-state index contributed by atoms with van der Waals surface area (Å²) in [6, 6.07) is 11.6. The van der Waals surface area contributed by atoms with E-state index in [1.54, 1.807) is 6.07 Å². The molecule has 0 atom stereocenters. The second-order valence-electron chi connectivity index (χ2n) is 3.39. The topological polar surface area (TPSA) is 43.1 Å². The van der Waals surface area contributed by atoms with Crippen molar-refractivity contribution in [1.82, 2.24) is 0 Å². The summed E-state index contributed by atoms with van der Waals surface area (Å²) in [7, 11) is 0. The fourth-order valence-electron chi connectivity index (χ4n) is 1.53. The van der Waals surface area contributed by atoms with E-state index < -0.39 is 0 Å². The average Bonchev–Trinajstić information content (AvgIpc) is 2.27. The third-order valence-electron chi connectivity index (χ3n) is 2.34. The second-order valence-corrected chi connectivity index (χ2v) is 3.95.